The van der Waals surface area contributed by atoms with Crippen molar-refractivity contribution in [3.05, 3.63) is 48.0 Å². The minimum absolute atomic E-state index is 0.0299. The van der Waals surface area contributed by atoms with Crippen molar-refractivity contribution in [2.24, 2.45) is 0 Å². The number of aryl methyl sites for hydroxylation is 1. The quantitative estimate of drug-likeness (QED) is 0.912. The molecule has 0 aliphatic rings. The monoisotopic (exact) mass is 275 g/mol. The lowest BCUT2D eigenvalue weighted by molar-refractivity contribution is -0.113. The fraction of sp³-hybridized carbons (Fsp3) is 0.286. The van der Waals surface area contributed by atoms with E-state index in [1.54, 1.807) is 6.20 Å². The highest BCUT2D eigenvalue weighted by atomic mass is 32.2. The summed E-state index contributed by atoms with van der Waals surface area (Å²) < 4.78 is 2.06. The molecule has 19 heavy (non-hydrogen) atoms. The maximum absolute atomic E-state index is 11.7. The van der Waals surface area contributed by atoms with Crippen LogP contribution in [-0.4, -0.2) is 27.5 Å². The summed E-state index contributed by atoms with van der Waals surface area (Å²) in [6.07, 6.45) is 5.64. The molecule has 0 aliphatic heterocycles. The smallest absolute Gasteiger partial charge is 0.234 e. The molecule has 0 spiro atoms. The van der Waals surface area contributed by atoms with Gasteiger partial charge in [0.15, 0.2) is 0 Å². The van der Waals surface area contributed by atoms with Gasteiger partial charge in [-0.25, -0.2) is 4.98 Å². The van der Waals surface area contributed by atoms with Gasteiger partial charge in [-0.2, -0.15) is 11.8 Å². The molecule has 100 valence electrons. The van der Waals surface area contributed by atoms with E-state index in [0.717, 1.165) is 17.1 Å². The molecule has 0 saturated heterocycles. The second kappa shape index (κ2) is 6.43. The molecule has 5 heteroatoms. The van der Waals surface area contributed by atoms with E-state index in [-0.39, 0.29) is 5.91 Å². The van der Waals surface area contributed by atoms with Crippen molar-refractivity contribution in [1.29, 1.82) is 0 Å². The van der Waals surface area contributed by atoms with Gasteiger partial charge in [0, 0.05) is 18.1 Å². The zero-order chi connectivity index (χ0) is 13.7. The molecule has 0 saturated carbocycles. The van der Waals surface area contributed by atoms with Crippen LogP contribution >= 0.6 is 11.8 Å². The Morgan fingerprint density at radius 1 is 1.42 bits per heavy atom. The van der Waals surface area contributed by atoms with E-state index in [1.165, 1.54) is 11.8 Å². The number of rotatable bonds is 5. The molecular formula is C14H17N3OS. The van der Waals surface area contributed by atoms with E-state index in [0.29, 0.717) is 12.3 Å². The number of carbonyl (C=O) groups excluding carboxylic acids is 1. The molecule has 1 aromatic carbocycles. The molecule has 0 unspecified atom stereocenters. The van der Waals surface area contributed by atoms with Gasteiger partial charge in [-0.05, 0) is 24.8 Å². The largest absolute Gasteiger partial charge is 0.331 e. The van der Waals surface area contributed by atoms with Crippen molar-refractivity contribution < 1.29 is 4.79 Å². The zero-order valence-corrected chi connectivity index (χ0v) is 11.9. The lowest BCUT2D eigenvalue weighted by Gasteiger charge is -2.12. The molecule has 1 aromatic heterocycles. The maximum Gasteiger partial charge on any atom is 0.234 e. The summed E-state index contributed by atoms with van der Waals surface area (Å²) >= 11 is 1.52. The predicted molar refractivity (Wildman–Crippen MR) is 79.5 cm³/mol. The molecule has 2 rings (SSSR count). The van der Waals surface area contributed by atoms with Crippen molar-refractivity contribution in [3.8, 4) is 0 Å². The van der Waals surface area contributed by atoms with E-state index in [1.807, 2.05) is 43.6 Å². The summed E-state index contributed by atoms with van der Waals surface area (Å²) in [6, 6.07) is 7.86. The minimum atomic E-state index is 0.0299. The number of nitrogens with zero attached hydrogens (tertiary/aromatic N) is 2. The van der Waals surface area contributed by atoms with Crippen LogP contribution in [0.25, 0.3) is 0 Å². The molecule has 0 aliphatic carbocycles. The van der Waals surface area contributed by atoms with Gasteiger partial charge in [-0.3, -0.25) is 4.79 Å². The number of hydrogen-bond acceptors (Lipinski definition) is 3. The molecular weight excluding hydrogens is 258 g/mol. The molecule has 2 aromatic rings. The Hall–Kier alpha value is -1.75. The van der Waals surface area contributed by atoms with Crippen LogP contribution in [0.15, 0.2) is 36.7 Å². The van der Waals surface area contributed by atoms with E-state index in [4.69, 9.17) is 0 Å². The Morgan fingerprint density at radius 3 is 2.89 bits per heavy atom. The highest BCUT2D eigenvalue weighted by molar-refractivity contribution is 7.99. The van der Waals surface area contributed by atoms with Crippen LogP contribution in [0.4, 0.5) is 5.69 Å². The second-order valence-corrected chi connectivity index (χ2v) is 5.11. The van der Waals surface area contributed by atoms with Crippen molar-refractivity contribution in [1.82, 2.24) is 9.55 Å². The SMILES string of the molecule is CSCC(=O)Nc1ccccc1Cn1ccnc1C. The van der Waals surface area contributed by atoms with Crippen LogP contribution in [0.3, 0.4) is 0 Å². The first-order chi connectivity index (χ1) is 9.20. The maximum atomic E-state index is 11.7. The van der Waals surface area contributed by atoms with Crippen molar-refractivity contribution in [2.45, 2.75) is 13.5 Å². The fourth-order valence-electron chi connectivity index (χ4n) is 1.85. The normalized spacial score (nSPS) is 10.4. The molecule has 0 atom stereocenters. The number of benzene rings is 1. The van der Waals surface area contributed by atoms with Crippen LogP contribution in [0.2, 0.25) is 0 Å². The van der Waals surface area contributed by atoms with E-state index in [9.17, 15) is 4.79 Å². The molecule has 4 nitrogen and oxygen atoms in total. The van der Waals surface area contributed by atoms with Crippen LogP contribution in [0.5, 0.6) is 0 Å². The van der Waals surface area contributed by atoms with Gasteiger partial charge < -0.3 is 9.88 Å². The Kier molecular flexibility index (Phi) is 4.63. The van der Waals surface area contributed by atoms with Crippen molar-refractivity contribution in [2.75, 3.05) is 17.3 Å². The highest BCUT2D eigenvalue weighted by Crippen LogP contribution is 2.17. The number of amides is 1. The van der Waals surface area contributed by atoms with Gasteiger partial charge in [0.1, 0.15) is 5.82 Å². The number of para-hydroxylation sites is 1. The molecule has 1 amide bonds. The zero-order valence-electron chi connectivity index (χ0n) is 11.1. The van der Waals surface area contributed by atoms with Gasteiger partial charge in [0.2, 0.25) is 5.91 Å². The summed E-state index contributed by atoms with van der Waals surface area (Å²) in [7, 11) is 0. The Morgan fingerprint density at radius 2 is 2.21 bits per heavy atom. The Balaban J connectivity index is 2.17. The van der Waals surface area contributed by atoms with Crippen LogP contribution in [-0.2, 0) is 11.3 Å². The third-order valence-corrected chi connectivity index (χ3v) is 3.38. The molecule has 1 N–H and O–H groups in total. The standard InChI is InChI=1S/C14H17N3OS/c1-11-15-7-8-17(11)9-12-5-3-4-6-13(12)16-14(18)10-19-2/h3-8H,9-10H2,1-2H3,(H,16,18). The predicted octanol–water partition coefficient (Wildman–Crippen LogP) is 2.54. The van der Waals surface area contributed by atoms with E-state index < -0.39 is 0 Å². The first-order valence-corrected chi connectivity index (χ1v) is 7.44. The molecule has 1 heterocycles. The number of aromatic nitrogens is 2. The first-order valence-electron chi connectivity index (χ1n) is 6.05. The number of thioether (sulfide) groups is 1. The molecule has 0 bridgehead atoms. The van der Waals surface area contributed by atoms with Gasteiger partial charge in [-0.15, -0.1) is 0 Å². The Labute approximate surface area is 117 Å². The number of carbonyl (C=O) groups is 1. The Bertz CT molecular complexity index is 565. The third-order valence-electron chi connectivity index (χ3n) is 2.83. The molecule has 0 radical (unpaired) electrons. The summed E-state index contributed by atoms with van der Waals surface area (Å²) in [5.74, 6) is 1.46. The average Bonchev–Trinajstić information content (AvgIpc) is 2.78. The summed E-state index contributed by atoms with van der Waals surface area (Å²) in [6.45, 7) is 2.68. The van der Waals surface area contributed by atoms with Gasteiger partial charge in [-0.1, -0.05) is 18.2 Å². The summed E-state index contributed by atoms with van der Waals surface area (Å²) in [5.41, 5.74) is 1.95. The number of anilines is 1. The van der Waals surface area contributed by atoms with Gasteiger partial charge >= 0.3 is 0 Å². The fourth-order valence-corrected chi connectivity index (χ4v) is 2.19. The third kappa shape index (κ3) is 3.61. The number of hydrogen-bond donors (Lipinski definition) is 1. The van der Waals surface area contributed by atoms with Crippen LogP contribution in [0.1, 0.15) is 11.4 Å². The highest BCUT2D eigenvalue weighted by Gasteiger charge is 2.07. The first kappa shape index (κ1) is 13.7. The number of nitrogens with one attached hydrogen (secondary N) is 1. The van der Waals surface area contributed by atoms with Crippen LogP contribution < -0.4 is 5.32 Å². The number of imidazole rings is 1. The van der Waals surface area contributed by atoms with E-state index >= 15 is 0 Å². The topological polar surface area (TPSA) is 46.9 Å². The summed E-state index contributed by atoms with van der Waals surface area (Å²) in [5, 5.41) is 2.95. The molecule has 0 fully saturated rings. The van der Waals surface area contributed by atoms with Crippen molar-refractivity contribution >= 4 is 23.4 Å². The van der Waals surface area contributed by atoms with Gasteiger partial charge in [0.25, 0.3) is 0 Å². The van der Waals surface area contributed by atoms with Crippen LogP contribution in [0, 0.1) is 6.92 Å². The average molecular weight is 275 g/mol. The lowest BCUT2D eigenvalue weighted by atomic mass is 10.1. The van der Waals surface area contributed by atoms with E-state index in [2.05, 4.69) is 14.9 Å². The minimum Gasteiger partial charge on any atom is -0.331 e. The second-order valence-electron chi connectivity index (χ2n) is 4.24. The lowest BCUT2D eigenvalue weighted by Crippen LogP contribution is -2.15. The van der Waals surface area contributed by atoms with Gasteiger partial charge in [0.05, 0.1) is 12.3 Å². The summed E-state index contributed by atoms with van der Waals surface area (Å²) in [4.78, 5) is 15.9. The van der Waals surface area contributed by atoms with Crippen molar-refractivity contribution in [3.63, 3.8) is 0 Å².